The van der Waals surface area contributed by atoms with Crippen LogP contribution in [-0.4, -0.2) is 33.3 Å². The van der Waals surface area contributed by atoms with Crippen molar-refractivity contribution in [3.63, 3.8) is 0 Å². The lowest BCUT2D eigenvalue weighted by atomic mass is 9.87. The largest absolute Gasteiger partial charge is 0.467 e. The highest BCUT2D eigenvalue weighted by Crippen LogP contribution is 2.26. The summed E-state index contributed by atoms with van der Waals surface area (Å²) in [6, 6.07) is 6.04. The number of rotatable bonds is 6. The highest BCUT2D eigenvalue weighted by molar-refractivity contribution is 5.82. The van der Waals surface area contributed by atoms with E-state index in [0.29, 0.717) is 13.2 Å². The van der Waals surface area contributed by atoms with E-state index in [9.17, 15) is 4.79 Å². The molecule has 0 amide bonds. The van der Waals surface area contributed by atoms with Crippen LogP contribution in [0, 0.1) is 13.8 Å². The predicted octanol–water partition coefficient (Wildman–Crippen LogP) is 1.93. The van der Waals surface area contributed by atoms with Gasteiger partial charge in [0.15, 0.2) is 0 Å². The third kappa shape index (κ3) is 3.55. The second kappa shape index (κ2) is 6.68. The Labute approximate surface area is 115 Å². The van der Waals surface area contributed by atoms with Gasteiger partial charge in [0.1, 0.15) is 5.54 Å². The van der Waals surface area contributed by atoms with Crippen LogP contribution in [0.2, 0.25) is 0 Å². The van der Waals surface area contributed by atoms with Gasteiger partial charge in [-0.2, -0.15) is 0 Å². The molecule has 0 saturated heterocycles. The third-order valence-corrected chi connectivity index (χ3v) is 3.30. The second-order valence-electron chi connectivity index (χ2n) is 4.85. The molecule has 0 aliphatic carbocycles. The van der Waals surface area contributed by atoms with Gasteiger partial charge in [0.25, 0.3) is 0 Å². The first-order valence-electron chi connectivity index (χ1n) is 6.36. The highest BCUT2D eigenvalue weighted by Gasteiger charge is 2.36. The Morgan fingerprint density at radius 2 is 2.00 bits per heavy atom. The highest BCUT2D eigenvalue weighted by atomic mass is 16.5. The van der Waals surface area contributed by atoms with Crippen molar-refractivity contribution in [3.8, 4) is 0 Å². The zero-order chi connectivity index (χ0) is 14.5. The van der Waals surface area contributed by atoms with E-state index in [2.05, 4.69) is 11.4 Å². The minimum absolute atomic E-state index is 0.296. The second-order valence-corrected chi connectivity index (χ2v) is 4.85. The van der Waals surface area contributed by atoms with Crippen LogP contribution in [0.15, 0.2) is 18.2 Å². The molecule has 0 fully saturated rings. The summed E-state index contributed by atoms with van der Waals surface area (Å²) in [6.07, 6.45) is 0. The average molecular weight is 265 g/mol. The lowest BCUT2D eigenvalue weighted by molar-refractivity contribution is -0.148. The number of carbonyl (C=O) groups excluding carboxylic acids is 1. The van der Waals surface area contributed by atoms with Crippen molar-refractivity contribution in [1.82, 2.24) is 5.32 Å². The number of nitrogens with one attached hydrogen (secondary N) is 1. The smallest absolute Gasteiger partial charge is 0.330 e. The Kier molecular flexibility index (Phi) is 5.51. The van der Waals surface area contributed by atoms with Gasteiger partial charge in [-0.15, -0.1) is 0 Å². The summed E-state index contributed by atoms with van der Waals surface area (Å²) in [6.45, 7) is 6.99. The topological polar surface area (TPSA) is 47.6 Å². The molecule has 0 aliphatic rings. The van der Waals surface area contributed by atoms with Gasteiger partial charge >= 0.3 is 5.97 Å². The van der Waals surface area contributed by atoms with Crippen LogP contribution in [0.25, 0.3) is 0 Å². The van der Waals surface area contributed by atoms with Gasteiger partial charge < -0.3 is 9.47 Å². The summed E-state index contributed by atoms with van der Waals surface area (Å²) in [5, 5.41) is 3.22. The van der Waals surface area contributed by atoms with Gasteiger partial charge in [0.05, 0.1) is 13.7 Å². The van der Waals surface area contributed by atoms with Gasteiger partial charge in [0, 0.05) is 13.7 Å². The molecular formula is C15H23NO3. The van der Waals surface area contributed by atoms with Gasteiger partial charge in [-0.05, 0) is 31.9 Å². The van der Waals surface area contributed by atoms with Crippen molar-refractivity contribution in [2.24, 2.45) is 0 Å². The standard InChI is InChI=1S/C15H23NO3/c1-11-6-7-13(12(2)10-11)15(3,14(17)19-5)16-8-9-18-4/h6-7,10,16H,8-9H2,1-5H3. The molecule has 19 heavy (non-hydrogen) atoms. The van der Waals surface area contributed by atoms with Crippen molar-refractivity contribution in [2.75, 3.05) is 27.4 Å². The molecule has 4 heteroatoms. The number of methoxy groups -OCH3 is 2. The van der Waals surface area contributed by atoms with Crippen molar-refractivity contribution < 1.29 is 14.3 Å². The first-order chi connectivity index (χ1) is 8.95. The first kappa shape index (κ1) is 15.7. The van der Waals surface area contributed by atoms with E-state index in [0.717, 1.165) is 11.1 Å². The first-order valence-corrected chi connectivity index (χ1v) is 6.36. The molecule has 1 atom stereocenters. The molecule has 0 heterocycles. The molecule has 0 spiro atoms. The minimum atomic E-state index is -0.856. The molecule has 0 radical (unpaired) electrons. The molecule has 1 unspecified atom stereocenters. The molecule has 1 N–H and O–H groups in total. The normalized spacial score (nSPS) is 13.9. The number of ether oxygens (including phenoxy) is 2. The lowest BCUT2D eigenvalue weighted by Crippen LogP contribution is -2.49. The van der Waals surface area contributed by atoms with Crippen molar-refractivity contribution in [2.45, 2.75) is 26.3 Å². The number of carbonyl (C=O) groups is 1. The van der Waals surface area contributed by atoms with E-state index >= 15 is 0 Å². The van der Waals surface area contributed by atoms with E-state index in [1.807, 2.05) is 32.9 Å². The van der Waals surface area contributed by atoms with Crippen LogP contribution in [0.1, 0.15) is 23.6 Å². The molecule has 0 aromatic heterocycles. The maximum absolute atomic E-state index is 12.1. The maximum atomic E-state index is 12.1. The number of benzene rings is 1. The van der Waals surface area contributed by atoms with Crippen LogP contribution >= 0.6 is 0 Å². The van der Waals surface area contributed by atoms with Crippen molar-refractivity contribution in [1.29, 1.82) is 0 Å². The fraction of sp³-hybridized carbons (Fsp3) is 0.533. The predicted molar refractivity (Wildman–Crippen MR) is 75.2 cm³/mol. The average Bonchev–Trinajstić information content (AvgIpc) is 2.37. The fourth-order valence-electron chi connectivity index (χ4n) is 2.26. The molecule has 1 rings (SSSR count). The Hall–Kier alpha value is -1.39. The molecule has 0 aliphatic heterocycles. The van der Waals surface area contributed by atoms with Gasteiger partial charge in [-0.3, -0.25) is 5.32 Å². The molecule has 0 bridgehead atoms. The Bertz CT molecular complexity index is 445. The quantitative estimate of drug-likeness (QED) is 0.630. The SMILES string of the molecule is COCCNC(C)(C(=O)OC)c1ccc(C)cc1C. The van der Waals surface area contributed by atoms with Crippen molar-refractivity contribution in [3.05, 3.63) is 34.9 Å². The molecule has 106 valence electrons. The maximum Gasteiger partial charge on any atom is 0.330 e. The lowest BCUT2D eigenvalue weighted by Gasteiger charge is -2.30. The molecule has 1 aromatic rings. The number of hydrogen-bond donors (Lipinski definition) is 1. The number of aryl methyl sites for hydroxylation is 2. The third-order valence-electron chi connectivity index (χ3n) is 3.30. The van der Waals surface area contributed by atoms with Crippen LogP contribution in [0.5, 0.6) is 0 Å². The summed E-state index contributed by atoms with van der Waals surface area (Å²) in [4.78, 5) is 12.1. The Morgan fingerprint density at radius 3 is 2.53 bits per heavy atom. The number of hydrogen-bond acceptors (Lipinski definition) is 4. The van der Waals surface area contributed by atoms with Crippen LogP contribution in [-0.2, 0) is 19.8 Å². The molecule has 4 nitrogen and oxygen atoms in total. The fourth-order valence-corrected chi connectivity index (χ4v) is 2.26. The number of esters is 1. The van der Waals surface area contributed by atoms with Crippen LogP contribution in [0.4, 0.5) is 0 Å². The summed E-state index contributed by atoms with van der Waals surface area (Å²) in [5.74, 6) is -0.296. The van der Waals surface area contributed by atoms with E-state index in [4.69, 9.17) is 9.47 Å². The minimum Gasteiger partial charge on any atom is -0.467 e. The van der Waals surface area contributed by atoms with Crippen LogP contribution in [0.3, 0.4) is 0 Å². The summed E-state index contributed by atoms with van der Waals surface area (Å²) >= 11 is 0. The Balaban J connectivity index is 3.11. The zero-order valence-electron chi connectivity index (χ0n) is 12.4. The molecule has 0 saturated carbocycles. The van der Waals surface area contributed by atoms with Gasteiger partial charge in [-0.1, -0.05) is 23.8 Å². The van der Waals surface area contributed by atoms with Crippen LogP contribution < -0.4 is 5.32 Å². The summed E-state index contributed by atoms with van der Waals surface area (Å²) in [7, 11) is 3.04. The van der Waals surface area contributed by atoms with Crippen molar-refractivity contribution >= 4 is 5.97 Å². The monoisotopic (exact) mass is 265 g/mol. The zero-order valence-corrected chi connectivity index (χ0v) is 12.4. The van der Waals surface area contributed by atoms with Gasteiger partial charge in [-0.25, -0.2) is 4.79 Å². The Morgan fingerprint density at radius 1 is 1.32 bits per heavy atom. The van der Waals surface area contributed by atoms with Gasteiger partial charge in [0.2, 0.25) is 0 Å². The van der Waals surface area contributed by atoms with E-state index < -0.39 is 5.54 Å². The van der Waals surface area contributed by atoms with E-state index in [-0.39, 0.29) is 5.97 Å². The van der Waals surface area contributed by atoms with E-state index in [1.54, 1.807) is 7.11 Å². The molecule has 1 aromatic carbocycles. The molecular weight excluding hydrogens is 242 g/mol. The van der Waals surface area contributed by atoms with E-state index in [1.165, 1.54) is 12.7 Å². The summed E-state index contributed by atoms with van der Waals surface area (Å²) < 4.78 is 9.96. The summed E-state index contributed by atoms with van der Waals surface area (Å²) in [5.41, 5.74) is 2.31.